The molecule has 0 fully saturated rings. The van der Waals surface area contributed by atoms with Crippen molar-refractivity contribution in [1.82, 2.24) is 15.0 Å². The van der Waals surface area contributed by atoms with Crippen molar-refractivity contribution in [2.45, 2.75) is 46.6 Å². The second-order valence-electron chi connectivity index (χ2n) is 8.60. The highest BCUT2D eigenvalue weighted by Gasteiger charge is 2.32. The summed E-state index contributed by atoms with van der Waals surface area (Å²) >= 11 is 1.54. The lowest BCUT2D eigenvalue weighted by Gasteiger charge is -2.33. The quantitative estimate of drug-likeness (QED) is 0.708. The molecule has 0 saturated heterocycles. The third kappa shape index (κ3) is 3.94. The fraction of sp³-hybridized carbons (Fsp3) is 0.429. The van der Waals surface area contributed by atoms with E-state index in [0.717, 1.165) is 29.5 Å². The Labute approximate surface area is 171 Å². The van der Waals surface area contributed by atoms with E-state index >= 15 is 0 Å². The van der Waals surface area contributed by atoms with E-state index in [-0.39, 0.29) is 23.3 Å². The molecule has 1 atom stereocenters. The first-order valence-corrected chi connectivity index (χ1v) is 10.5. The van der Waals surface area contributed by atoms with Gasteiger partial charge >= 0.3 is 0 Å². The van der Waals surface area contributed by atoms with Gasteiger partial charge < -0.3 is 5.32 Å². The Kier molecular flexibility index (Phi) is 4.98. The number of amides is 1. The zero-order chi connectivity index (χ0) is 20.8. The van der Waals surface area contributed by atoms with Crippen molar-refractivity contribution in [2.24, 2.45) is 11.3 Å². The van der Waals surface area contributed by atoms with Gasteiger partial charge in [0.15, 0.2) is 4.83 Å². The van der Waals surface area contributed by atoms with Crippen LogP contribution in [0.3, 0.4) is 0 Å². The van der Waals surface area contributed by atoms with Crippen LogP contribution in [0.2, 0.25) is 0 Å². The van der Waals surface area contributed by atoms with Crippen molar-refractivity contribution in [1.29, 1.82) is 0 Å². The van der Waals surface area contributed by atoms with Crippen molar-refractivity contribution in [2.75, 3.05) is 5.32 Å². The predicted molar refractivity (Wildman–Crippen MR) is 112 cm³/mol. The maximum absolute atomic E-state index is 13.0. The van der Waals surface area contributed by atoms with Crippen LogP contribution >= 0.6 is 11.3 Å². The van der Waals surface area contributed by atoms with Crippen molar-refractivity contribution < 1.29 is 9.18 Å². The van der Waals surface area contributed by atoms with Crippen LogP contribution in [0.4, 0.5) is 10.1 Å². The maximum Gasteiger partial charge on any atom is 0.279 e. The van der Waals surface area contributed by atoms with Gasteiger partial charge in [-0.15, -0.1) is 16.4 Å². The number of aromatic nitrogens is 3. The molecular formula is C21H23FN4O2S. The van der Waals surface area contributed by atoms with E-state index in [1.807, 2.05) is 0 Å². The molecule has 1 N–H and O–H groups in total. The number of halogens is 1. The van der Waals surface area contributed by atoms with Crippen LogP contribution in [0.1, 0.15) is 37.6 Å². The van der Waals surface area contributed by atoms with Gasteiger partial charge in [0.1, 0.15) is 12.4 Å². The molecule has 8 heteroatoms. The Bertz CT molecular complexity index is 1130. The summed E-state index contributed by atoms with van der Waals surface area (Å²) in [4.78, 5) is 27.2. The number of hydrogen-bond donors (Lipinski definition) is 1. The Balaban J connectivity index is 1.59. The molecule has 1 unspecified atom stereocenters. The van der Waals surface area contributed by atoms with Gasteiger partial charge in [-0.3, -0.25) is 9.59 Å². The van der Waals surface area contributed by atoms with E-state index in [0.29, 0.717) is 21.8 Å². The smallest absolute Gasteiger partial charge is 0.279 e. The molecule has 1 aromatic carbocycles. The highest BCUT2D eigenvalue weighted by atomic mass is 32.1. The summed E-state index contributed by atoms with van der Waals surface area (Å²) in [5, 5.41) is 11.4. The maximum atomic E-state index is 13.0. The van der Waals surface area contributed by atoms with Gasteiger partial charge in [-0.05, 0) is 60.4 Å². The van der Waals surface area contributed by atoms with E-state index in [9.17, 15) is 14.0 Å². The number of aryl methyl sites for hydroxylation is 1. The van der Waals surface area contributed by atoms with Gasteiger partial charge in [0.2, 0.25) is 5.91 Å². The monoisotopic (exact) mass is 414 g/mol. The molecule has 2 heterocycles. The Hall–Kier alpha value is -2.61. The lowest BCUT2D eigenvalue weighted by atomic mass is 9.72. The molecule has 1 amide bonds. The zero-order valence-electron chi connectivity index (χ0n) is 16.7. The molecule has 0 spiro atoms. The second-order valence-corrected chi connectivity index (χ2v) is 9.68. The lowest BCUT2D eigenvalue weighted by molar-refractivity contribution is -0.117. The number of nitrogens with zero attached hydrogens (tertiary/aromatic N) is 3. The van der Waals surface area contributed by atoms with Crippen LogP contribution in [0, 0.1) is 17.2 Å². The lowest BCUT2D eigenvalue weighted by Crippen LogP contribution is -2.31. The molecule has 0 aliphatic heterocycles. The fourth-order valence-electron chi connectivity index (χ4n) is 3.84. The summed E-state index contributed by atoms with van der Waals surface area (Å²) in [5.41, 5.74) is 1.46. The number of carbonyl (C=O) groups excluding carboxylic acids is 1. The van der Waals surface area contributed by atoms with E-state index in [4.69, 9.17) is 0 Å². The van der Waals surface area contributed by atoms with Gasteiger partial charge in [-0.25, -0.2) is 9.07 Å². The molecule has 0 saturated carbocycles. The van der Waals surface area contributed by atoms with E-state index in [1.165, 1.54) is 29.1 Å². The summed E-state index contributed by atoms with van der Waals surface area (Å²) in [7, 11) is 0. The van der Waals surface area contributed by atoms with Gasteiger partial charge in [-0.1, -0.05) is 26.0 Å². The van der Waals surface area contributed by atoms with Gasteiger partial charge in [0.25, 0.3) is 5.56 Å². The van der Waals surface area contributed by atoms with Gasteiger partial charge in [0.05, 0.1) is 5.39 Å². The molecule has 4 rings (SSSR count). The Morgan fingerprint density at radius 3 is 2.72 bits per heavy atom. The van der Waals surface area contributed by atoms with Gasteiger partial charge in [0, 0.05) is 10.6 Å². The molecule has 1 aliphatic carbocycles. The summed E-state index contributed by atoms with van der Waals surface area (Å²) < 4.78 is 14.1. The predicted octanol–water partition coefficient (Wildman–Crippen LogP) is 3.78. The highest BCUT2D eigenvalue weighted by molar-refractivity contribution is 7.18. The summed E-state index contributed by atoms with van der Waals surface area (Å²) in [5.74, 6) is -0.226. The number of anilines is 1. The average Bonchev–Trinajstić information content (AvgIpc) is 3.03. The van der Waals surface area contributed by atoms with Crippen LogP contribution in [-0.4, -0.2) is 20.9 Å². The number of rotatable bonds is 3. The number of fused-ring (bicyclic) bond motifs is 3. The number of nitrogens with one attached hydrogen (secondary N) is 1. The third-order valence-corrected chi connectivity index (χ3v) is 6.72. The SMILES string of the molecule is CC(C)(C)C1CCc2c(sc3nnn(CC(=O)Nc4ccc(F)cc4)c(=O)c23)C1. The summed E-state index contributed by atoms with van der Waals surface area (Å²) in [6, 6.07) is 5.45. The zero-order valence-corrected chi connectivity index (χ0v) is 17.5. The van der Waals surface area contributed by atoms with E-state index in [1.54, 1.807) is 11.3 Å². The van der Waals surface area contributed by atoms with Crippen LogP contribution < -0.4 is 10.9 Å². The van der Waals surface area contributed by atoms with Crippen LogP contribution in [0.15, 0.2) is 29.1 Å². The highest BCUT2D eigenvalue weighted by Crippen LogP contribution is 2.41. The van der Waals surface area contributed by atoms with Crippen molar-refractivity contribution in [3.8, 4) is 0 Å². The first-order chi connectivity index (χ1) is 13.7. The molecule has 6 nitrogen and oxygen atoms in total. The van der Waals surface area contributed by atoms with Crippen LogP contribution in [-0.2, 0) is 24.2 Å². The third-order valence-electron chi connectivity index (χ3n) is 5.58. The molecular weight excluding hydrogens is 391 g/mol. The molecule has 1 aliphatic rings. The molecule has 2 aromatic heterocycles. The second kappa shape index (κ2) is 7.33. The topological polar surface area (TPSA) is 76.9 Å². The van der Waals surface area contributed by atoms with E-state index < -0.39 is 5.91 Å². The summed E-state index contributed by atoms with van der Waals surface area (Å²) in [6.07, 6.45) is 2.83. The Morgan fingerprint density at radius 1 is 1.31 bits per heavy atom. The molecule has 152 valence electrons. The minimum Gasteiger partial charge on any atom is -0.324 e. The van der Waals surface area contributed by atoms with Crippen LogP contribution in [0.5, 0.6) is 0 Å². The minimum absolute atomic E-state index is 0.220. The Morgan fingerprint density at radius 2 is 2.03 bits per heavy atom. The van der Waals surface area contributed by atoms with E-state index in [2.05, 4.69) is 36.4 Å². The fourth-order valence-corrected chi connectivity index (χ4v) is 5.07. The number of benzene rings is 1. The van der Waals surface area contributed by atoms with Gasteiger partial charge in [-0.2, -0.15) is 0 Å². The van der Waals surface area contributed by atoms with Crippen LogP contribution in [0.25, 0.3) is 10.2 Å². The molecule has 0 radical (unpaired) electrons. The first kappa shape index (κ1) is 19.7. The average molecular weight is 415 g/mol. The number of hydrogen-bond acceptors (Lipinski definition) is 5. The largest absolute Gasteiger partial charge is 0.324 e. The summed E-state index contributed by atoms with van der Waals surface area (Å²) in [6.45, 7) is 6.52. The number of carbonyl (C=O) groups is 1. The molecule has 0 bridgehead atoms. The normalized spacial score (nSPS) is 16.6. The molecule has 3 aromatic rings. The van der Waals surface area contributed by atoms with Crippen molar-refractivity contribution in [3.63, 3.8) is 0 Å². The van der Waals surface area contributed by atoms with Crippen molar-refractivity contribution in [3.05, 3.63) is 50.9 Å². The first-order valence-electron chi connectivity index (χ1n) is 9.66. The van der Waals surface area contributed by atoms with Crippen molar-refractivity contribution >= 4 is 33.1 Å². The minimum atomic E-state index is -0.413. The molecule has 29 heavy (non-hydrogen) atoms. The number of thiophene rings is 1. The standard InChI is InChI=1S/C21H23FN4O2S/c1-21(2,3)12-4-9-15-16(10-12)29-19-18(15)20(28)26(25-24-19)11-17(27)23-14-7-5-13(22)6-8-14/h5-8,12H,4,9-11H2,1-3H3,(H,23,27).